The van der Waals surface area contributed by atoms with Crippen LogP contribution in [-0.2, 0) is 4.79 Å². The van der Waals surface area contributed by atoms with Crippen molar-refractivity contribution >= 4 is 5.91 Å². The van der Waals surface area contributed by atoms with Crippen LogP contribution in [0.5, 0.6) is 0 Å². The zero-order chi connectivity index (χ0) is 12.1. The van der Waals surface area contributed by atoms with Crippen molar-refractivity contribution in [3.63, 3.8) is 0 Å². The summed E-state index contributed by atoms with van der Waals surface area (Å²) in [7, 11) is 0. The smallest absolute Gasteiger partial charge is 0.234 e. The number of amides is 1. The Bertz CT molecular complexity index is 203. The van der Waals surface area contributed by atoms with E-state index in [4.69, 9.17) is 0 Å². The minimum atomic E-state index is -0.492. The third kappa shape index (κ3) is 5.74. The molecule has 90 valence electrons. The van der Waals surface area contributed by atoms with E-state index in [-0.39, 0.29) is 18.5 Å². The van der Waals surface area contributed by atoms with Gasteiger partial charge in [-0.2, -0.15) is 0 Å². The molecule has 0 rings (SSSR count). The molecule has 0 bridgehead atoms. The third-order valence-electron chi connectivity index (χ3n) is 2.77. The van der Waals surface area contributed by atoms with Crippen molar-refractivity contribution in [2.75, 3.05) is 6.54 Å². The Hall–Kier alpha value is -0.610. The van der Waals surface area contributed by atoms with Crippen LogP contribution < -0.4 is 10.6 Å². The highest BCUT2D eigenvalue weighted by atomic mass is 16.3. The predicted octanol–water partition coefficient (Wildman–Crippen LogP) is 0.650. The summed E-state index contributed by atoms with van der Waals surface area (Å²) in [5.74, 6) is -0.0296. The van der Waals surface area contributed by atoms with Crippen molar-refractivity contribution in [3.8, 4) is 0 Å². The number of hydrogen-bond donors (Lipinski definition) is 3. The van der Waals surface area contributed by atoms with E-state index >= 15 is 0 Å². The van der Waals surface area contributed by atoms with E-state index in [0.717, 1.165) is 6.42 Å². The van der Waals surface area contributed by atoms with E-state index in [0.29, 0.717) is 0 Å². The molecule has 0 radical (unpaired) electrons. The summed E-state index contributed by atoms with van der Waals surface area (Å²) < 4.78 is 0. The van der Waals surface area contributed by atoms with Crippen molar-refractivity contribution in [1.29, 1.82) is 0 Å². The van der Waals surface area contributed by atoms with Gasteiger partial charge >= 0.3 is 0 Å². The van der Waals surface area contributed by atoms with Crippen molar-refractivity contribution in [1.82, 2.24) is 10.6 Å². The van der Waals surface area contributed by atoms with E-state index in [1.54, 1.807) is 6.92 Å². The quantitative estimate of drug-likeness (QED) is 0.611. The highest BCUT2D eigenvalue weighted by Crippen LogP contribution is 2.07. The molecule has 2 atom stereocenters. The first-order valence-electron chi connectivity index (χ1n) is 5.52. The maximum absolute atomic E-state index is 11.4. The highest BCUT2D eigenvalue weighted by molar-refractivity contribution is 5.78. The van der Waals surface area contributed by atoms with Crippen molar-refractivity contribution in [2.45, 2.75) is 58.7 Å². The monoisotopic (exact) mass is 216 g/mol. The number of aliphatic hydroxyl groups is 1. The van der Waals surface area contributed by atoms with Crippen LogP contribution in [0.3, 0.4) is 0 Å². The van der Waals surface area contributed by atoms with E-state index < -0.39 is 11.6 Å². The summed E-state index contributed by atoms with van der Waals surface area (Å²) in [6.07, 6.45) is 0.430. The minimum Gasteiger partial charge on any atom is -0.392 e. The Balaban J connectivity index is 3.90. The molecule has 0 saturated heterocycles. The zero-order valence-corrected chi connectivity index (χ0v) is 10.4. The minimum absolute atomic E-state index is 0.0296. The lowest BCUT2D eigenvalue weighted by atomic mass is 9.99. The second-order valence-electron chi connectivity index (χ2n) is 4.63. The fourth-order valence-electron chi connectivity index (χ4n) is 0.884. The van der Waals surface area contributed by atoms with Crippen LogP contribution >= 0.6 is 0 Å². The lowest BCUT2D eigenvalue weighted by Crippen LogP contribution is -2.52. The molecular weight excluding hydrogens is 192 g/mol. The molecule has 0 aliphatic carbocycles. The largest absolute Gasteiger partial charge is 0.392 e. The van der Waals surface area contributed by atoms with Gasteiger partial charge in [0.05, 0.1) is 12.6 Å². The van der Waals surface area contributed by atoms with Crippen molar-refractivity contribution < 1.29 is 9.90 Å². The Morgan fingerprint density at radius 2 is 1.93 bits per heavy atom. The number of carbonyl (C=O) groups is 1. The first kappa shape index (κ1) is 14.4. The van der Waals surface area contributed by atoms with Gasteiger partial charge in [-0.15, -0.1) is 0 Å². The fourth-order valence-corrected chi connectivity index (χ4v) is 0.884. The van der Waals surface area contributed by atoms with Gasteiger partial charge in [-0.3, -0.25) is 4.79 Å². The van der Waals surface area contributed by atoms with Crippen LogP contribution in [0.2, 0.25) is 0 Å². The van der Waals surface area contributed by atoms with Gasteiger partial charge in [0.2, 0.25) is 5.91 Å². The molecule has 0 aromatic carbocycles. The molecule has 0 saturated carbocycles. The van der Waals surface area contributed by atoms with Crippen LogP contribution in [-0.4, -0.2) is 35.2 Å². The summed E-state index contributed by atoms with van der Waals surface area (Å²) in [4.78, 5) is 11.4. The number of rotatable bonds is 6. The van der Waals surface area contributed by atoms with Crippen LogP contribution in [0, 0.1) is 0 Å². The number of nitrogens with one attached hydrogen (secondary N) is 2. The number of hydrogen-bond acceptors (Lipinski definition) is 3. The second kappa shape index (κ2) is 6.08. The Kier molecular flexibility index (Phi) is 5.83. The molecule has 0 aliphatic rings. The Labute approximate surface area is 92.4 Å². The van der Waals surface area contributed by atoms with Gasteiger partial charge < -0.3 is 15.7 Å². The molecule has 0 fully saturated rings. The van der Waals surface area contributed by atoms with E-state index in [1.807, 2.05) is 27.7 Å². The van der Waals surface area contributed by atoms with Crippen LogP contribution in [0.15, 0.2) is 0 Å². The molecule has 0 heterocycles. The average molecular weight is 216 g/mol. The summed E-state index contributed by atoms with van der Waals surface area (Å²) in [5, 5.41) is 15.3. The van der Waals surface area contributed by atoms with E-state index in [1.165, 1.54) is 0 Å². The molecule has 0 aromatic rings. The maximum atomic E-state index is 11.4. The predicted molar refractivity (Wildman–Crippen MR) is 61.7 cm³/mol. The SMILES string of the molecule is CCC(C)NC(=O)CNC(C)(C)C(C)O. The molecule has 0 aliphatic heterocycles. The molecule has 2 unspecified atom stereocenters. The summed E-state index contributed by atoms with van der Waals surface area (Å²) in [6, 6.07) is 0.203. The average Bonchev–Trinajstić information content (AvgIpc) is 2.14. The molecule has 0 spiro atoms. The number of aliphatic hydroxyl groups excluding tert-OH is 1. The fraction of sp³-hybridized carbons (Fsp3) is 0.909. The molecule has 3 N–H and O–H groups in total. The molecule has 1 amide bonds. The lowest BCUT2D eigenvalue weighted by molar-refractivity contribution is -0.121. The summed E-state index contributed by atoms with van der Waals surface area (Å²) in [5.41, 5.74) is -0.438. The van der Waals surface area contributed by atoms with Crippen LogP contribution in [0.25, 0.3) is 0 Å². The Morgan fingerprint density at radius 3 is 2.33 bits per heavy atom. The molecule has 4 heteroatoms. The van der Waals surface area contributed by atoms with Crippen molar-refractivity contribution in [3.05, 3.63) is 0 Å². The van der Waals surface area contributed by atoms with Gasteiger partial charge in [-0.05, 0) is 34.1 Å². The molecule has 15 heavy (non-hydrogen) atoms. The van der Waals surface area contributed by atoms with E-state index in [2.05, 4.69) is 10.6 Å². The van der Waals surface area contributed by atoms with Gasteiger partial charge in [-0.25, -0.2) is 0 Å². The molecular formula is C11H24N2O2. The first-order chi connectivity index (χ1) is 6.79. The highest BCUT2D eigenvalue weighted by Gasteiger charge is 2.23. The second-order valence-corrected chi connectivity index (χ2v) is 4.63. The third-order valence-corrected chi connectivity index (χ3v) is 2.77. The van der Waals surface area contributed by atoms with Gasteiger partial charge in [0.15, 0.2) is 0 Å². The van der Waals surface area contributed by atoms with Gasteiger partial charge in [-0.1, -0.05) is 6.92 Å². The van der Waals surface area contributed by atoms with E-state index in [9.17, 15) is 9.90 Å². The number of carbonyl (C=O) groups excluding carboxylic acids is 1. The normalized spacial score (nSPS) is 15.9. The lowest BCUT2D eigenvalue weighted by Gasteiger charge is -2.29. The maximum Gasteiger partial charge on any atom is 0.234 e. The Morgan fingerprint density at radius 1 is 1.40 bits per heavy atom. The van der Waals surface area contributed by atoms with Crippen LogP contribution in [0.4, 0.5) is 0 Å². The van der Waals surface area contributed by atoms with Gasteiger partial charge in [0.25, 0.3) is 0 Å². The molecule has 4 nitrogen and oxygen atoms in total. The zero-order valence-electron chi connectivity index (χ0n) is 10.4. The van der Waals surface area contributed by atoms with Crippen molar-refractivity contribution in [2.24, 2.45) is 0 Å². The molecule has 0 aromatic heterocycles. The summed E-state index contributed by atoms with van der Waals surface area (Å²) in [6.45, 7) is 9.68. The summed E-state index contributed by atoms with van der Waals surface area (Å²) >= 11 is 0. The topological polar surface area (TPSA) is 61.4 Å². The van der Waals surface area contributed by atoms with Gasteiger partial charge in [0.1, 0.15) is 0 Å². The standard InChI is InChI=1S/C11H24N2O2/c1-6-8(2)13-10(15)7-12-11(4,5)9(3)14/h8-9,12,14H,6-7H2,1-5H3,(H,13,15). The van der Waals surface area contributed by atoms with Gasteiger partial charge in [0, 0.05) is 11.6 Å². The van der Waals surface area contributed by atoms with Crippen LogP contribution in [0.1, 0.15) is 41.0 Å². The first-order valence-corrected chi connectivity index (χ1v) is 5.52.